The van der Waals surface area contributed by atoms with Crippen molar-refractivity contribution in [1.29, 1.82) is 0 Å². The highest BCUT2D eigenvalue weighted by Gasteiger charge is 2.42. The van der Waals surface area contributed by atoms with Gasteiger partial charge in [-0.05, 0) is 60.1 Å². The molecular formula is C23H25F4NO2. The Balaban J connectivity index is 1.35. The fourth-order valence-electron chi connectivity index (χ4n) is 4.76. The third-order valence-corrected chi connectivity index (χ3v) is 6.06. The second-order valence-corrected chi connectivity index (χ2v) is 8.48. The largest absolute Gasteiger partial charge is 0.488 e. The number of alkyl halides is 3. The molecule has 0 spiro atoms. The van der Waals surface area contributed by atoms with Crippen molar-refractivity contribution in [2.75, 3.05) is 13.1 Å². The van der Waals surface area contributed by atoms with E-state index in [-0.39, 0.29) is 17.5 Å². The number of fused-ring (bicyclic) bond motifs is 1. The maximum Gasteiger partial charge on any atom is 0.393 e. The molecule has 7 heteroatoms. The zero-order valence-corrected chi connectivity index (χ0v) is 16.5. The van der Waals surface area contributed by atoms with Crippen molar-refractivity contribution in [1.82, 2.24) is 4.90 Å². The van der Waals surface area contributed by atoms with Crippen molar-refractivity contribution in [3.63, 3.8) is 0 Å². The Labute approximate surface area is 173 Å². The van der Waals surface area contributed by atoms with E-state index in [4.69, 9.17) is 4.74 Å². The van der Waals surface area contributed by atoms with E-state index in [1.807, 2.05) is 6.07 Å². The molecule has 2 fully saturated rings. The van der Waals surface area contributed by atoms with Gasteiger partial charge in [0.25, 0.3) is 0 Å². The lowest BCUT2D eigenvalue weighted by Gasteiger charge is -2.35. The molecular weight excluding hydrogens is 398 g/mol. The summed E-state index contributed by atoms with van der Waals surface area (Å²) < 4.78 is 57.0. The summed E-state index contributed by atoms with van der Waals surface area (Å²) in [6, 6.07) is 12.5. The molecule has 162 valence electrons. The highest BCUT2D eigenvalue weighted by atomic mass is 19.4. The van der Waals surface area contributed by atoms with Gasteiger partial charge in [0, 0.05) is 19.6 Å². The third kappa shape index (κ3) is 5.32. The standard InChI is InChI=1S/C23H25F4NO2/c24-19-4-6-20(7-5-19)30-22-10-18-14-28(13-17(18)9-21(22)29)12-16-3-1-2-15(8-16)11-23(25,26)27/h1-8,17-18,21-22,29H,9-14H2/t17-,18+,21+,22+/m0/s1. The molecule has 2 aromatic carbocycles. The average Bonchev–Trinajstić information content (AvgIpc) is 3.03. The van der Waals surface area contributed by atoms with E-state index in [9.17, 15) is 22.7 Å². The Morgan fingerprint density at radius 3 is 2.33 bits per heavy atom. The average molecular weight is 423 g/mol. The fraction of sp³-hybridized carbons (Fsp3) is 0.478. The lowest BCUT2D eigenvalue weighted by molar-refractivity contribution is -0.127. The molecule has 1 saturated heterocycles. The van der Waals surface area contributed by atoms with Crippen LogP contribution in [0.4, 0.5) is 17.6 Å². The Morgan fingerprint density at radius 1 is 0.967 bits per heavy atom. The summed E-state index contributed by atoms with van der Waals surface area (Å²) in [5.41, 5.74) is 1.15. The highest BCUT2D eigenvalue weighted by Crippen LogP contribution is 2.38. The molecule has 4 atom stereocenters. The van der Waals surface area contributed by atoms with E-state index in [2.05, 4.69) is 4.90 Å². The van der Waals surface area contributed by atoms with Gasteiger partial charge in [-0.15, -0.1) is 0 Å². The lowest BCUT2D eigenvalue weighted by Crippen LogP contribution is -2.42. The minimum absolute atomic E-state index is 0.278. The van der Waals surface area contributed by atoms with Gasteiger partial charge >= 0.3 is 6.18 Å². The van der Waals surface area contributed by atoms with Crippen molar-refractivity contribution in [3.8, 4) is 5.75 Å². The first-order valence-electron chi connectivity index (χ1n) is 10.2. The molecule has 30 heavy (non-hydrogen) atoms. The van der Waals surface area contributed by atoms with Gasteiger partial charge in [-0.25, -0.2) is 4.39 Å². The van der Waals surface area contributed by atoms with Crippen LogP contribution in [0, 0.1) is 17.7 Å². The maximum absolute atomic E-state index is 13.1. The molecule has 0 unspecified atom stereocenters. The van der Waals surface area contributed by atoms with Gasteiger partial charge in [-0.1, -0.05) is 24.3 Å². The molecule has 1 aliphatic heterocycles. The molecule has 0 amide bonds. The van der Waals surface area contributed by atoms with Crippen LogP contribution < -0.4 is 4.74 Å². The van der Waals surface area contributed by atoms with Crippen molar-refractivity contribution < 1.29 is 27.4 Å². The number of aliphatic hydroxyl groups is 1. The smallest absolute Gasteiger partial charge is 0.393 e. The number of aliphatic hydroxyl groups excluding tert-OH is 1. The number of hydrogen-bond donors (Lipinski definition) is 1. The van der Waals surface area contributed by atoms with Gasteiger partial charge in [0.1, 0.15) is 17.7 Å². The molecule has 3 nitrogen and oxygen atoms in total. The number of rotatable bonds is 5. The van der Waals surface area contributed by atoms with Crippen LogP contribution >= 0.6 is 0 Å². The van der Waals surface area contributed by atoms with Gasteiger partial charge in [-0.3, -0.25) is 4.90 Å². The van der Waals surface area contributed by atoms with Gasteiger partial charge < -0.3 is 9.84 Å². The number of benzene rings is 2. The molecule has 0 bridgehead atoms. The van der Waals surface area contributed by atoms with Crippen LogP contribution in [-0.2, 0) is 13.0 Å². The van der Waals surface area contributed by atoms with E-state index in [1.54, 1.807) is 24.3 Å². The van der Waals surface area contributed by atoms with Crippen LogP contribution in [0.25, 0.3) is 0 Å². The quantitative estimate of drug-likeness (QED) is 0.715. The minimum Gasteiger partial charge on any atom is -0.488 e. The van der Waals surface area contributed by atoms with Crippen LogP contribution in [0.3, 0.4) is 0 Å². The normalized spacial score (nSPS) is 27.1. The Morgan fingerprint density at radius 2 is 1.63 bits per heavy atom. The van der Waals surface area contributed by atoms with Crippen LogP contribution in [0.15, 0.2) is 48.5 Å². The molecule has 2 aromatic rings. The summed E-state index contributed by atoms with van der Waals surface area (Å²) in [5.74, 6) is 0.899. The summed E-state index contributed by atoms with van der Waals surface area (Å²) in [5, 5.41) is 10.5. The highest BCUT2D eigenvalue weighted by molar-refractivity contribution is 5.25. The van der Waals surface area contributed by atoms with E-state index < -0.39 is 18.7 Å². The number of ether oxygens (including phenoxy) is 1. The molecule has 1 N–H and O–H groups in total. The Kier molecular flexibility index (Phi) is 6.02. The summed E-state index contributed by atoms with van der Waals surface area (Å²) in [6.45, 7) is 2.23. The summed E-state index contributed by atoms with van der Waals surface area (Å²) >= 11 is 0. The van der Waals surface area contributed by atoms with E-state index in [0.29, 0.717) is 37.0 Å². The van der Waals surface area contributed by atoms with Crippen molar-refractivity contribution in [2.45, 2.75) is 44.2 Å². The van der Waals surface area contributed by atoms with E-state index in [0.717, 1.165) is 18.7 Å². The van der Waals surface area contributed by atoms with Gasteiger partial charge in [-0.2, -0.15) is 13.2 Å². The van der Waals surface area contributed by atoms with Gasteiger partial charge in [0.2, 0.25) is 0 Å². The first-order chi connectivity index (χ1) is 14.2. The topological polar surface area (TPSA) is 32.7 Å². The zero-order chi connectivity index (χ0) is 21.3. The number of nitrogens with zero attached hydrogens (tertiary/aromatic N) is 1. The molecule has 0 aromatic heterocycles. The predicted molar refractivity (Wildman–Crippen MR) is 105 cm³/mol. The van der Waals surface area contributed by atoms with Crippen LogP contribution in [0.2, 0.25) is 0 Å². The summed E-state index contributed by atoms with van der Waals surface area (Å²) in [6.07, 6.45) is -4.73. The summed E-state index contributed by atoms with van der Waals surface area (Å²) in [7, 11) is 0. The minimum atomic E-state index is -4.21. The lowest BCUT2D eigenvalue weighted by atomic mass is 9.78. The SMILES string of the molecule is O[C@@H]1C[C@H]2CN(Cc3cccc(CC(F)(F)F)c3)C[C@H]2C[C@H]1Oc1ccc(F)cc1. The van der Waals surface area contributed by atoms with Gasteiger partial charge in [0.05, 0.1) is 12.5 Å². The number of halogens is 4. The molecule has 0 radical (unpaired) electrons. The molecule has 2 aliphatic rings. The van der Waals surface area contributed by atoms with Crippen LogP contribution in [-0.4, -0.2) is 41.5 Å². The van der Waals surface area contributed by atoms with Crippen LogP contribution in [0.1, 0.15) is 24.0 Å². The molecule has 4 rings (SSSR count). The molecule has 1 heterocycles. The molecule has 1 aliphatic carbocycles. The van der Waals surface area contributed by atoms with Crippen molar-refractivity contribution in [2.24, 2.45) is 11.8 Å². The fourth-order valence-corrected chi connectivity index (χ4v) is 4.76. The second kappa shape index (κ2) is 8.55. The number of likely N-dealkylation sites (tertiary alicyclic amines) is 1. The summed E-state index contributed by atoms with van der Waals surface area (Å²) in [4.78, 5) is 2.25. The van der Waals surface area contributed by atoms with Gasteiger partial charge in [0.15, 0.2) is 0 Å². The maximum atomic E-state index is 13.1. The Bertz CT molecular complexity index is 855. The zero-order valence-electron chi connectivity index (χ0n) is 16.5. The van der Waals surface area contributed by atoms with Crippen molar-refractivity contribution >= 4 is 0 Å². The van der Waals surface area contributed by atoms with E-state index in [1.165, 1.54) is 18.2 Å². The first kappa shape index (κ1) is 21.1. The first-order valence-corrected chi connectivity index (χ1v) is 10.2. The van der Waals surface area contributed by atoms with Crippen LogP contribution in [0.5, 0.6) is 5.75 Å². The monoisotopic (exact) mass is 423 g/mol. The van der Waals surface area contributed by atoms with Crippen molar-refractivity contribution in [3.05, 3.63) is 65.5 Å². The second-order valence-electron chi connectivity index (χ2n) is 8.48. The third-order valence-electron chi connectivity index (χ3n) is 6.06. The predicted octanol–water partition coefficient (Wildman–Crippen LogP) is 4.58. The number of hydrogen-bond acceptors (Lipinski definition) is 3. The Hall–Kier alpha value is -2.12. The molecule has 1 saturated carbocycles. The van der Waals surface area contributed by atoms with E-state index >= 15 is 0 Å².